The third-order valence-corrected chi connectivity index (χ3v) is 3.94. The van der Waals surface area contributed by atoms with Gasteiger partial charge in [-0.1, -0.05) is 28.1 Å². The number of hydrogen-bond acceptors (Lipinski definition) is 1. The van der Waals surface area contributed by atoms with Gasteiger partial charge >= 0.3 is 0 Å². The number of amides is 1. The molecule has 92 valence electrons. The second-order valence-electron chi connectivity index (χ2n) is 4.70. The molecule has 1 aliphatic heterocycles. The molecule has 0 aliphatic carbocycles. The lowest BCUT2D eigenvalue weighted by Crippen LogP contribution is -2.33. The molecular weight excluding hydrogens is 278 g/mol. The molecule has 1 atom stereocenters. The zero-order valence-electron chi connectivity index (χ0n) is 10.2. The summed E-state index contributed by atoms with van der Waals surface area (Å²) < 4.78 is 1.08. The molecule has 1 saturated heterocycles. The average molecular weight is 296 g/mol. The molecule has 17 heavy (non-hydrogen) atoms. The highest BCUT2D eigenvalue weighted by atomic mass is 79.9. The molecule has 0 aromatic heterocycles. The van der Waals surface area contributed by atoms with Gasteiger partial charge in [0.15, 0.2) is 0 Å². The lowest BCUT2D eigenvalue weighted by atomic mass is 10.1. The molecule has 1 aromatic carbocycles. The van der Waals surface area contributed by atoms with E-state index in [1.165, 1.54) is 5.56 Å². The van der Waals surface area contributed by atoms with E-state index in [2.05, 4.69) is 35.0 Å². The SMILES string of the molecule is CC1CCCN1C(=O)CCc1ccc(Br)cc1. The predicted molar refractivity (Wildman–Crippen MR) is 72.9 cm³/mol. The van der Waals surface area contributed by atoms with Crippen molar-refractivity contribution in [2.24, 2.45) is 0 Å². The van der Waals surface area contributed by atoms with Crippen LogP contribution in [0.2, 0.25) is 0 Å². The van der Waals surface area contributed by atoms with Gasteiger partial charge in [-0.15, -0.1) is 0 Å². The highest BCUT2D eigenvalue weighted by Crippen LogP contribution is 2.18. The van der Waals surface area contributed by atoms with E-state index in [0.717, 1.165) is 30.3 Å². The monoisotopic (exact) mass is 295 g/mol. The van der Waals surface area contributed by atoms with Crippen LogP contribution in [0.5, 0.6) is 0 Å². The fourth-order valence-electron chi connectivity index (χ4n) is 2.35. The smallest absolute Gasteiger partial charge is 0.223 e. The fourth-order valence-corrected chi connectivity index (χ4v) is 2.61. The molecule has 0 spiro atoms. The molecule has 0 saturated carbocycles. The van der Waals surface area contributed by atoms with Crippen LogP contribution in [0.25, 0.3) is 0 Å². The lowest BCUT2D eigenvalue weighted by molar-refractivity contribution is -0.131. The Hall–Kier alpha value is -0.830. The molecule has 1 aliphatic rings. The van der Waals surface area contributed by atoms with Gasteiger partial charge in [0, 0.05) is 23.5 Å². The maximum Gasteiger partial charge on any atom is 0.223 e. The Kier molecular flexibility index (Phi) is 4.21. The summed E-state index contributed by atoms with van der Waals surface area (Å²) in [6.45, 7) is 3.09. The maximum atomic E-state index is 12.0. The molecule has 1 amide bonds. The molecule has 1 unspecified atom stereocenters. The van der Waals surface area contributed by atoms with Crippen molar-refractivity contribution in [2.45, 2.75) is 38.6 Å². The Labute approximate surface area is 111 Å². The lowest BCUT2D eigenvalue weighted by Gasteiger charge is -2.21. The maximum absolute atomic E-state index is 12.0. The molecule has 1 heterocycles. The summed E-state index contributed by atoms with van der Waals surface area (Å²) in [5.74, 6) is 0.304. The molecule has 0 radical (unpaired) electrons. The van der Waals surface area contributed by atoms with Gasteiger partial charge in [-0.05, 0) is 43.9 Å². The number of hydrogen-bond donors (Lipinski definition) is 0. The number of nitrogens with zero attached hydrogens (tertiary/aromatic N) is 1. The van der Waals surface area contributed by atoms with Crippen molar-refractivity contribution in [3.63, 3.8) is 0 Å². The number of aryl methyl sites for hydroxylation is 1. The summed E-state index contributed by atoms with van der Waals surface area (Å²) in [5.41, 5.74) is 1.23. The molecule has 1 aromatic rings. The Bertz CT molecular complexity index is 388. The van der Waals surface area contributed by atoms with E-state index in [-0.39, 0.29) is 0 Å². The quantitative estimate of drug-likeness (QED) is 0.837. The van der Waals surface area contributed by atoms with Crippen molar-refractivity contribution in [3.05, 3.63) is 34.3 Å². The zero-order chi connectivity index (χ0) is 12.3. The fraction of sp³-hybridized carbons (Fsp3) is 0.500. The van der Waals surface area contributed by atoms with E-state index in [1.807, 2.05) is 17.0 Å². The van der Waals surface area contributed by atoms with Gasteiger partial charge in [-0.3, -0.25) is 4.79 Å². The Morgan fingerprint density at radius 3 is 2.71 bits per heavy atom. The van der Waals surface area contributed by atoms with Crippen LogP contribution >= 0.6 is 15.9 Å². The first-order valence-corrected chi connectivity index (χ1v) is 7.00. The first kappa shape index (κ1) is 12.6. The molecule has 0 bridgehead atoms. The van der Waals surface area contributed by atoms with Gasteiger partial charge in [0.05, 0.1) is 0 Å². The summed E-state index contributed by atoms with van der Waals surface area (Å²) in [5, 5.41) is 0. The van der Waals surface area contributed by atoms with Crippen molar-refractivity contribution >= 4 is 21.8 Å². The van der Waals surface area contributed by atoms with Gasteiger partial charge in [0.1, 0.15) is 0 Å². The zero-order valence-corrected chi connectivity index (χ0v) is 11.7. The summed E-state index contributed by atoms with van der Waals surface area (Å²) in [4.78, 5) is 14.0. The van der Waals surface area contributed by atoms with Crippen LogP contribution in [0.1, 0.15) is 31.7 Å². The van der Waals surface area contributed by atoms with E-state index in [4.69, 9.17) is 0 Å². The molecule has 2 rings (SSSR count). The first-order chi connectivity index (χ1) is 8.16. The van der Waals surface area contributed by atoms with Crippen LogP contribution in [0.3, 0.4) is 0 Å². The van der Waals surface area contributed by atoms with E-state index in [0.29, 0.717) is 18.4 Å². The van der Waals surface area contributed by atoms with Crippen LogP contribution < -0.4 is 0 Å². The number of benzene rings is 1. The highest BCUT2D eigenvalue weighted by Gasteiger charge is 2.24. The van der Waals surface area contributed by atoms with Crippen molar-refractivity contribution in [1.29, 1.82) is 0 Å². The van der Waals surface area contributed by atoms with Gasteiger partial charge < -0.3 is 4.90 Å². The number of rotatable bonds is 3. The van der Waals surface area contributed by atoms with Gasteiger partial charge in [-0.2, -0.15) is 0 Å². The summed E-state index contributed by atoms with van der Waals surface area (Å²) in [7, 11) is 0. The van der Waals surface area contributed by atoms with Gasteiger partial charge in [0.25, 0.3) is 0 Å². The number of likely N-dealkylation sites (tertiary alicyclic amines) is 1. The van der Waals surface area contributed by atoms with Crippen molar-refractivity contribution < 1.29 is 4.79 Å². The molecule has 3 heteroatoms. The molecule has 0 N–H and O–H groups in total. The highest BCUT2D eigenvalue weighted by molar-refractivity contribution is 9.10. The largest absolute Gasteiger partial charge is 0.340 e. The third-order valence-electron chi connectivity index (χ3n) is 3.41. The van der Waals surface area contributed by atoms with Crippen LogP contribution in [-0.4, -0.2) is 23.4 Å². The van der Waals surface area contributed by atoms with E-state index in [9.17, 15) is 4.79 Å². The van der Waals surface area contributed by atoms with Crippen LogP contribution in [0.4, 0.5) is 0 Å². The molecule has 2 nitrogen and oxygen atoms in total. The number of carbonyl (C=O) groups is 1. The minimum Gasteiger partial charge on any atom is -0.340 e. The molecular formula is C14H18BrNO. The van der Waals surface area contributed by atoms with E-state index in [1.54, 1.807) is 0 Å². The second-order valence-corrected chi connectivity index (χ2v) is 5.62. The number of halogens is 1. The third kappa shape index (κ3) is 3.32. The Balaban J connectivity index is 1.85. The second kappa shape index (κ2) is 5.67. The van der Waals surface area contributed by atoms with Crippen molar-refractivity contribution in [3.8, 4) is 0 Å². The summed E-state index contributed by atoms with van der Waals surface area (Å²) in [6.07, 6.45) is 3.79. The standard InChI is InChI=1S/C14H18BrNO/c1-11-3-2-10-16(11)14(17)9-6-12-4-7-13(15)8-5-12/h4-5,7-8,11H,2-3,6,9-10H2,1H3. The minimum absolute atomic E-state index is 0.304. The first-order valence-electron chi connectivity index (χ1n) is 6.21. The van der Waals surface area contributed by atoms with E-state index >= 15 is 0 Å². The Morgan fingerprint density at radius 2 is 2.12 bits per heavy atom. The minimum atomic E-state index is 0.304. The molecule has 1 fully saturated rings. The normalized spacial score (nSPS) is 19.6. The summed E-state index contributed by atoms with van der Waals surface area (Å²) >= 11 is 3.41. The van der Waals surface area contributed by atoms with Crippen molar-refractivity contribution in [1.82, 2.24) is 4.90 Å². The van der Waals surface area contributed by atoms with Crippen LogP contribution in [0, 0.1) is 0 Å². The van der Waals surface area contributed by atoms with Crippen molar-refractivity contribution in [2.75, 3.05) is 6.54 Å². The number of carbonyl (C=O) groups excluding carboxylic acids is 1. The topological polar surface area (TPSA) is 20.3 Å². The summed E-state index contributed by atoms with van der Waals surface area (Å²) in [6, 6.07) is 8.64. The van der Waals surface area contributed by atoms with Crippen LogP contribution in [0.15, 0.2) is 28.7 Å². The van der Waals surface area contributed by atoms with Crippen LogP contribution in [-0.2, 0) is 11.2 Å². The predicted octanol–water partition coefficient (Wildman–Crippen LogP) is 3.39. The van der Waals surface area contributed by atoms with Gasteiger partial charge in [-0.25, -0.2) is 0 Å². The Morgan fingerprint density at radius 1 is 1.41 bits per heavy atom. The van der Waals surface area contributed by atoms with E-state index < -0.39 is 0 Å². The van der Waals surface area contributed by atoms with Gasteiger partial charge in [0.2, 0.25) is 5.91 Å². The average Bonchev–Trinajstić information content (AvgIpc) is 2.74.